The highest BCUT2D eigenvalue weighted by Crippen LogP contribution is 2.24. The molecule has 0 aliphatic heterocycles. The first-order valence-electron chi connectivity index (χ1n) is 6.73. The number of rotatable bonds is 4. The van der Waals surface area contributed by atoms with E-state index in [1.54, 1.807) is 7.11 Å². The number of aromatic nitrogens is 1. The van der Waals surface area contributed by atoms with E-state index in [9.17, 15) is 0 Å². The van der Waals surface area contributed by atoms with Gasteiger partial charge in [-0.1, -0.05) is 29.8 Å². The number of pyridine rings is 1. The molecule has 0 fully saturated rings. The van der Waals surface area contributed by atoms with Crippen LogP contribution in [0.2, 0.25) is 5.02 Å². The first kappa shape index (κ1) is 13.7. The molecule has 0 radical (unpaired) electrons. The molecular weight excluding hydrogens is 284 g/mol. The van der Waals surface area contributed by atoms with E-state index < -0.39 is 0 Å². The van der Waals surface area contributed by atoms with Crippen LogP contribution in [0.4, 0.5) is 5.69 Å². The Morgan fingerprint density at radius 3 is 2.86 bits per heavy atom. The third-order valence-corrected chi connectivity index (χ3v) is 3.66. The number of ether oxygens (including phenoxy) is 1. The number of para-hydroxylation sites is 1. The highest BCUT2D eigenvalue weighted by atomic mass is 35.5. The maximum atomic E-state index is 6.03. The topological polar surface area (TPSA) is 35.4 Å². The van der Waals surface area contributed by atoms with Crippen LogP contribution in [0.5, 0.6) is 5.75 Å². The highest BCUT2D eigenvalue weighted by Gasteiger charge is 2.08. The van der Waals surface area contributed by atoms with Crippen molar-refractivity contribution in [2.75, 3.05) is 12.4 Å². The molecular formula is C17H16ClN2O+. The van der Waals surface area contributed by atoms with E-state index in [2.05, 4.69) is 16.4 Å². The Morgan fingerprint density at radius 1 is 1.14 bits per heavy atom. The second kappa shape index (κ2) is 6.02. The van der Waals surface area contributed by atoms with Crippen molar-refractivity contribution in [2.24, 2.45) is 0 Å². The second-order valence-electron chi connectivity index (χ2n) is 4.75. The predicted octanol–water partition coefficient (Wildman–Crippen LogP) is 3.93. The van der Waals surface area contributed by atoms with Crippen LogP contribution in [0.15, 0.2) is 54.7 Å². The van der Waals surface area contributed by atoms with Crippen LogP contribution in [0.3, 0.4) is 0 Å². The predicted molar refractivity (Wildman–Crippen MR) is 85.8 cm³/mol. The molecule has 0 bridgehead atoms. The van der Waals surface area contributed by atoms with Gasteiger partial charge in [-0.3, -0.25) is 0 Å². The summed E-state index contributed by atoms with van der Waals surface area (Å²) in [5.41, 5.74) is 3.19. The Kier molecular flexibility index (Phi) is 3.93. The van der Waals surface area contributed by atoms with Crippen LogP contribution in [0.1, 0.15) is 5.56 Å². The second-order valence-corrected chi connectivity index (χ2v) is 5.18. The number of benzene rings is 2. The maximum absolute atomic E-state index is 6.03. The molecule has 2 N–H and O–H groups in total. The number of fused-ring (bicyclic) bond motifs is 1. The van der Waals surface area contributed by atoms with Crippen LogP contribution < -0.4 is 15.0 Å². The van der Waals surface area contributed by atoms with Gasteiger partial charge in [0.15, 0.2) is 6.20 Å². The van der Waals surface area contributed by atoms with Gasteiger partial charge in [-0.2, -0.15) is 0 Å². The molecule has 0 aliphatic carbocycles. The number of hydrogen-bond donors (Lipinski definition) is 1. The molecule has 3 nitrogen and oxygen atoms in total. The largest absolute Gasteiger partial charge is 0.496 e. The summed E-state index contributed by atoms with van der Waals surface area (Å²) in [4.78, 5) is 3.20. The molecule has 0 amide bonds. The maximum Gasteiger partial charge on any atom is 0.214 e. The average Bonchev–Trinajstić information content (AvgIpc) is 2.52. The van der Waals surface area contributed by atoms with Crippen molar-refractivity contribution in [3.8, 4) is 5.75 Å². The van der Waals surface area contributed by atoms with Crippen molar-refractivity contribution in [2.45, 2.75) is 6.54 Å². The lowest BCUT2D eigenvalue weighted by molar-refractivity contribution is -0.344. The van der Waals surface area contributed by atoms with Gasteiger partial charge in [-0.15, -0.1) is 0 Å². The summed E-state index contributed by atoms with van der Waals surface area (Å²) >= 11 is 6.03. The Balaban J connectivity index is 1.88. The third-order valence-electron chi connectivity index (χ3n) is 3.42. The molecule has 0 saturated heterocycles. The lowest BCUT2D eigenvalue weighted by Gasteiger charge is -2.11. The van der Waals surface area contributed by atoms with E-state index in [-0.39, 0.29) is 0 Å². The number of hydrogen-bond acceptors (Lipinski definition) is 2. The fourth-order valence-corrected chi connectivity index (χ4v) is 2.54. The van der Waals surface area contributed by atoms with Crippen molar-refractivity contribution < 1.29 is 9.72 Å². The number of H-pyrrole nitrogens is 1. The summed E-state index contributed by atoms with van der Waals surface area (Å²) in [5, 5.41) is 5.29. The molecule has 3 rings (SSSR count). The lowest BCUT2D eigenvalue weighted by Crippen LogP contribution is -2.07. The average molecular weight is 300 g/mol. The number of anilines is 1. The number of nitrogens with one attached hydrogen (secondary N) is 2. The quantitative estimate of drug-likeness (QED) is 0.792. The molecule has 3 aromatic rings. The molecule has 106 valence electrons. The molecule has 0 saturated carbocycles. The minimum atomic E-state index is 0.700. The third kappa shape index (κ3) is 2.93. The standard InChI is InChI=1S/C17H15ClN2O/c1-21-17-5-3-2-4-12(17)11-20-15-8-9-19-16-10-13(18)6-7-14(15)16/h2-10H,11H2,1H3,(H,19,20)/p+1. The van der Waals surface area contributed by atoms with Gasteiger partial charge in [-0.25, -0.2) is 4.98 Å². The molecule has 0 atom stereocenters. The molecule has 0 aliphatic rings. The minimum absolute atomic E-state index is 0.700. The molecule has 1 aromatic heterocycles. The number of halogens is 1. The smallest absolute Gasteiger partial charge is 0.214 e. The zero-order chi connectivity index (χ0) is 14.7. The molecule has 1 heterocycles. The van der Waals surface area contributed by atoms with Crippen LogP contribution in [0.25, 0.3) is 10.9 Å². The van der Waals surface area contributed by atoms with Crippen molar-refractivity contribution in [1.29, 1.82) is 0 Å². The van der Waals surface area contributed by atoms with Crippen LogP contribution >= 0.6 is 11.6 Å². The monoisotopic (exact) mass is 299 g/mol. The summed E-state index contributed by atoms with van der Waals surface area (Å²) in [5.74, 6) is 0.889. The lowest BCUT2D eigenvalue weighted by atomic mass is 10.1. The summed E-state index contributed by atoms with van der Waals surface area (Å²) in [7, 11) is 1.69. The number of methoxy groups -OCH3 is 1. The minimum Gasteiger partial charge on any atom is -0.496 e. The van der Waals surface area contributed by atoms with Gasteiger partial charge < -0.3 is 10.1 Å². The van der Waals surface area contributed by atoms with Crippen LogP contribution in [-0.4, -0.2) is 7.11 Å². The normalized spacial score (nSPS) is 10.6. The van der Waals surface area contributed by atoms with Crippen molar-refractivity contribution in [3.63, 3.8) is 0 Å². The molecule has 0 unspecified atom stereocenters. The van der Waals surface area contributed by atoms with E-state index in [1.807, 2.05) is 48.7 Å². The first-order valence-corrected chi connectivity index (χ1v) is 7.11. The van der Waals surface area contributed by atoms with Gasteiger partial charge in [0.2, 0.25) is 5.52 Å². The van der Waals surface area contributed by atoms with E-state index in [0.29, 0.717) is 6.54 Å². The summed E-state index contributed by atoms with van der Waals surface area (Å²) in [6.07, 6.45) is 1.91. The van der Waals surface area contributed by atoms with Crippen molar-refractivity contribution >= 4 is 28.2 Å². The molecule has 2 aromatic carbocycles. The zero-order valence-electron chi connectivity index (χ0n) is 11.7. The Hall–Kier alpha value is -2.26. The van der Waals surface area contributed by atoms with Gasteiger partial charge >= 0.3 is 0 Å². The molecule has 4 heteroatoms. The fourth-order valence-electron chi connectivity index (χ4n) is 2.37. The van der Waals surface area contributed by atoms with E-state index in [0.717, 1.165) is 32.9 Å². The molecule has 21 heavy (non-hydrogen) atoms. The number of aromatic amines is 1. The van der Waals surface area contributed by atoms with Gasteiger partial charge in [0.05, 0.1) is 18.2 Å². The zero-order valence-corrected chi connectivity index (χ0v) is 12.4. The summed E-state index contributed by atoms with van der Waals surface area (Å²) in [6.45, 7) is 0.700. The fraction of sp³-hybridized carbons (Fsp3) is 0.118. The van der Waals surface area contributed by atoms with E-state index in [1.165, 1.54) is 0 Å². The van der Waals surface area contributed by atoms with Crippen molar-refractivity contribution in [1.82, 2.24) is 0 Å². The summed E-state index contributed by atoms with van der Waals surface area (Å²) in [6, 6.07) is 15.8. The highest BCUT2D eigenvalue weighted by molar-refractivity contribution is 6.31. The van der Waals surface area contributed by atoms with E-state index in [4.69, 9.17) is 16.3 Å². The first-order chi connectivity index (χ1) is 10.3. The van der Waals surface area contributed by atoms with Gasteiger partial charge in [0.25, 0.3) is 0 Å². The van der Waals surface area contributed by atoms with Crippen molar-refractivity contribution in [3.05, 3.63) is 65.3 Å². The van der Waals surface area contributed by atoms with Crippen LogP contribution in [0, 0.1) is 0 Å². The van der Waals surface area contributed by atoms with Gasteiger partial charge in [0.1, 0.15) is 5.75 Å². The molecule has 0 spiro atoms. The Labute approximate surface area is 128 Å². The Bertz CT molecular complexity index is 774. The van der Waals surface area contributed by atoms with Gasteiger partial charge in [-0.05, 0) is 18.2 Å². The van der Waals surface area contributed by atoms with Crippen LogP contribution in [-0.2, 0) is 6.54 Å². The summed E-state index contributed by atoms with van der Waals surface area (Å²) < 4.78 is 5.37. The van der Waals surface area contributed by atoms with Gasteiger partial charge in [0, 0.05) is 29.3 Å². The SMILES string of the molecule is COc1ccccc1CNc1cc[nH+]c2cc(Cl)ccc12. The van der Waals surface area contributed by atoms with E-state index >= 15 is 0 Å². The Morgan fingerprint density at radius 2 is 2.00 bits per heavy atom.